The van der Waals surface area contributed by atoms with Crippen LogP contribution in [0.2, 0.25) is 0 Å². The maximum absolute atomic E-state index is 13.1. The summed E-state index contributed by atoms with van der Waals surface area (Å²) in [6, 6.07) is 0. The summed E-state index contributed by atoms with van der Waals surface area (Å²) in [5, 5.41) is 0. The molecule has 1 spiro atoms. The van der Waals surface area contributed by atoms with E-state index in [2.05, 4.69) is 13.8 Å². The number of ether oxygens (including phenoxy) is 6. The largest absolute Gasteiger partial charge is 0.462 e. The molecule has 11 heteroatoms. The molecule has 0 aromatic heterocycles. The summed E-state index contributed by atoms with van der Waals surface area (Å²) in [4.78, 5) is 62.3. The van der Waals surface area contributed by atoms with Crippen molar-refractivity contribution in [3.8, 4) is 0 Å². The van der Waals surface area contributed by atoms with Crippen LogP contribution in [0.1, 0.15) is 74.1 Å². The number of carbonyl (C=O) groups excluding carboxylic acids is 5. The van der Waals surface area contributed by atoms with E-state index in [1.807, 2.05) is 0 Å². The van der Waals surface area contributed by atoms with Gasteiger partial charge in [-0.25, -0.2) is 9.59 Å². The Balaban J connectivity index is 1.91. The molecule has 3 fully saturated rings. The summed E-state index contributed by atoms with van der Waals surface area (Å²) in [6.45, 7) is 11.6. The molecule has 2 aliphatic carbocycles. The van der Waals surface area contributed by atoms with Crippen molar-refractivity contribution in [1.29, 1.82) is 0 Å². The first-order valence-corrected chi connectivity index (χ1v) is 14.5. The molecule has 42 heavy (non-hydrogen) atoms. The van der Waals surface area contributed by atoms with E-state index >= 15 is 0 Å². The molecule has 0 unspecified atom stereocenters. The van der Waals surface area contributed by atoms with Crippen LogP contribution in [0.5, 0.6) is 0 Å². The van der Waals surface area contributed by atoms with Gasteiger partial charge in [-0.1, -0.05) is 19.9 Å². The Hall–Kier alpha value is -3.21. The van der Waals surface area contributed by atoms with E-state index in [0.29, 0.717) is 24.8 Å². The van der Waals surface area contributed by atoms with Crippen molar-refractivity contribution >= 4 is 29.8 Å². The molecule has 4 aliphatic rings. The Kier molecular flexibility index (Phi) is 8.92. The number of fused-ring (bicyclic) bond motifs is 2. The molecule has 11 nitrogen and oxygen atoms in total. The van der Waals surface area contributed by atoms with E-state index in [9.17, 15) is 24.0 Å². The predicted octanol–water partition coefficient (Wildman–Crippen LogP) is 3.38. The fourth-order valence-electron chi connectivity index (χ4n) is 7.70. The van der Waals surface area contributed by atoms with Crippen molar-refractivity contribution in [3.63, 3.8) is 0 Å². The number of cyclic esters (lactones) is 1. The van der Waals surface area contributed by atoms with Gasteiger partial charge in [0.1, 0.15) is 37.1 Å². The second kappa shape index (κ2) is 11.8. The number of hydrogen-bond acceptors (Lipinski definition) is 11. The highest BCUT2D eigenvalue weighted by molar-refractivity contribution is 5.87. The van der Waals surface area contributed by atoms with Gasteiger partial charge in [0.05, 0.1) is 12.0 Å². The lowest BCUT2D eigenvalue weighted by molar-refractivity contribution is -0.275. The first-order chi connectivity index (χ1) is 19.7. The molecule has 2 heterocycles. The van der Waals surface area contributed by atoms with Crippen molar-refractivity contribution < 1.29 is 52.4 Å². The molecule has 4 rings (SSSR count). The first kappa shape index (κ1) is 31.7. The molecular weight excluding hydrogens is 548 g/mol. The van der Waals surface area contributed by atoms with E-state index in [-0.39, 0.29) is 38.1 Å². The third-order valence-corrected chi connectivity index (χ3v) is 9.95. The highest BCUT2D eigenvalue weighted by Crippen LogP contribution is 2.70. The Morgan fingerprint density at radius 1 is 1.00 bits per heavy atom. The van der Waals surface area contributed by atoms with Gasteiger partial charge in [-0.05, 0) is 50.0 Å². The zero-order valence-electron chi connectivity index (χ0n) is 25.5. The molecule has 2 aliphatic heterocycles. The third-order valence-electron chi connectivity index (χ3n) is 9.95. The minimum absolute atomic E-state index is 0.0642. The van der Waals surface area contributed by atoms with Gasteiger partial charge in [-0.2, -0.15) is 0 Å². The molecule has 8 atom stereocenters. The fourth-order valence-corrected chi connectivity index (χ4v) is 7.70. The van der Waals surface area contributed by atoms with E-state index in [0.717, 1.165) is 5.57 Å². The van der Waals surface area contributed by atoms with Crippen LogP contribution in [0.4, 0.5) is 0 Å². The zero-order chi connectivity index (χ0) is 31.0. The van der Waals surface area contributed by atoms with Gasteiger partial charge in [-0.3, -0.25) is 14.4 Å². The van der Waals surface area contributed by atoms with Crippen LogP contribution in [0.3, 0.4) is 0 Å². The van der Waals surface area contributed by atoms with Gasteiger partial charge in [0.15, 0.2) is 0 Å². The second-order valence-electron chi connectivity index (χ2n) is 12.4. The fraction of sp³-hybridized carbons (Fsp3) is 0.710. The summed E-state index contributed by atoms with van der Waals surface area (Å²) in [5.74, 6) is -3.13. The van der Waals surface area contributed by atoms with Gasteiger partial charge in [0, 0.05) is 44.8 Å². The number of rotatable bonds is 9. The minimum atomic E-state index is -1.24. The Morgan fingerprint density at radius 2 is 1.62 bits per heavy atom. The van der Waals surface area contributed by atoms with E-state index in [1.165, 1.54) is 26.8 Å². The van der Waals surface area contributed by atoms with E-state index < -0.39 is 64.5 Å². The third kappa shape index (κ3) is 5.59. The normalized spacial score (nSPS) is 37.2. The average Bonchev–Trinajstić information content (AvgIpc) is 3.60. The van der Waals surface area contributed by atoms with Crippen LogP contribution in [-0.2, 0) is 52.4 Å². The van der Waals surface area contributed by atoms with Gasteiger partial charge < -0.3 is 28.4 Å². The molecular formula is C31H42O11. The lowest BCUT2D eigenvalue weighted by Crippen LogP contribution is -2.74. The highest BCUT2D eigenvalue weighted by Gasteiger charge is 2.81. The quantitative estimate of drug-likeness (QED) is 0.169. The lowest BCUT2D eigenvalue weighted by Gasteiger charge is -2.65. The van der Waals surface area contributed by atoms with Crippen LogP contribution >= 0.6 is 0 Å². The maximum atomic E-state index is 13.1. The Labute approximate surface area is 246 Å². The number of esters is 5. The molecule has 0 N–H and O–H groups in total. The number of carbonyl (C=O) groups is 5. The first-order valence-electron chi connectivity index (χ1n) is 14.5. The van der Waals surface area contributed by atoms with Crippen molar-refractivity contribution in [1.82, 2.24) is 0 Å². The number of epoxide rings is 1. The topological polar surface area (TPSA) is 144 Å². The molecule has 0 aromatic rings. The second-order valence-corrected chi connectivity index (χ2v) is 12.4. The summed E-state index contributed by atoms with van der Waals surface area (Å²) in [7, 11) is 0. The van der Waals surface area contributed by atoms with Crippen LogP contribution in [0.25, 0.3) is 0 Å². The van der Waals surface area contributed by atoms with E-state index in [1.54, 1.807) is 19.9 Å². The van der Waals surface area contributed by atoms with Gasteiger partial charge >= 0.3 is 29.8 Å². The van der Waals surface area contributed by atoms with Crippen molar-refractivity contribution in [2.45, 2.75) is 98.1 Å². The van der Waals surface area contributed by atoms with Gasteiger partial charge in [0.25, 0.3) is 0 Å². The molecule has 2 saturated carbocycles. The molecule has 1 saturated heterocycles. The highest BCUT2D eigenvalue weighted by atomic mass is 16.6. The lowest BCUT2D eigenvalue weighted by atomic mass is 9.41. The van der Waals surface area contributed by atoms with Crippen molar-refractivity contribution in [2.75, 3.05) is 19.8 Å². The van der Waals surface area contributed by atoms with Crippen LogP contribution in [0.15, 0.2) is 23.3 Å². The van der Waals surface area contributed by atoms with E-state index in [4.69, 9.17) is 28.4 Å². The number of hydrogen-bond donors (Lipinski definition) is 0. The Morgan fingerprint density at radius 3 is 2.14 bits per heavy atom. The van der Waals surface area contributed by atoms with Crippen LogP contribution < -0.4 is 0 Å². The number of allylic oxidation sites excluding steroid dienone is 1. The SMILES string of the molecule is C/C=C(\C)C(=O)OC[C@@]12[C@@H](OC(C)=O)C[C@H](C)[C@](C)(CCC3=CC(=O)OC3)[C@H]1[C@@H](OC(C)=O)C[C@H](OC(C)=O)[C@]21CO1. The van der Waals surface area contributed by atoms with Gasteiger partial charge in [0.2, 0.25) is 0 Å². The van der Waals surface area contributed by atoms with Crippen molar-refractivity contribution in [2.24, 2.45) is 22.7 Å². The summed E-state index contributed by atoms with van der Waals surface area (Å²) < 4.78 is 35.2. The summed E-state index contributed by atoms with van der Waals surface area (Å²) >= 11 is 0. The Bertz CT molecular complexity index is 1200. The average molecular weight is 591 g/mol. The predicted molar refractivity (Wildman–Crippen MR) is 146 cm³/mol. The van der Waals surface area contributed by atoms with Crippen LogP contribution in [0, 0.1) is 22.7 Å². The molecule has 232 valence electrons. The van der Waals surface area contributed by atoms with Gasteiger partial charge in [-0.15, -0.1) is 0 Å². The summed E-state index contributed by atoms with van der Waals surface area (Å²) in [5.41, 5.74) is -1.74. The zero-order valence-corrected chi connectivity index (χ0v) is 25.5. The monoisotopic (exact) mass is 590 g/mol. The molecule has 0 bridgehead atoms. The molecule has 0 radical (unpaired) electrons. The minimum Gasteiger partial charge on any atom is -0.462 e. The standard InChI is InChI=1S/C31H42O11/c1-8-17(2)28(36)38-15-30-24(41-20(5)33)11-18(3)29(7,10-9-22-12-26(35)37-14-22)27(30)23(40-19(4)32)13-25(42-21(6)34)31(30)16-39-31/h8,12,18,23-25,27H,9-11,13-16H2,1-7H3/b17-8+/t18-,23-,24-,25-,27+,29-,30+,31+/m0/s1. The summed E-state index contributed by atoms with van der Waals surface area (Å²) in [6.07, 6.45) is 2.36. The smallest absolute Gasteiger partial charge is 0.333 e. The maximum Gasteiger partial charge on any atom is 0.333 e. The van der Waals surface area contributed by atoms with Crippen molar-refractivity contribution in [3.05, 3.63) is 23.3 Å². The molecule has 0 aromatic carbocycles. The van der Waals surface area contributed by atoms with Crippen LogP contribution in [-0.4, -0.2) is 73.6 Å². The molecule has 0 amide bonds.